The predicted molar refractivity (Wildman–Crippen MR) is 93.0 cm³/mol. The predicted octanol–water partition coefficient (Wildman–Crippen LogP) is 1.86. The largest absolute Gasteiger partial charge is 0.493 e. The molecule has 1 aromatic heterocycles. The lowest BCUT2D eigenvalue weighted by Crippen LogP contribution is -2.45. The molecule has 0 saturated carbocycles. The fourth-order valence-electron chi connectivity index (χ4n) is 3.45. The van der Waals surface area contributed by atoms with Crippen molar-refractivity contribution in [1.82, 2.24) is 16.2 Å². The summed E-state index contributed by atoms with van der Waals surface area (Å²) < 4.78 is 11.4. The second kappa shape index (κ2) is 6.90. The van der Waals surface area contributed by atoms with E-state index in [1.165, 1.54) is 5.56 Å². The first-order chi connectivity index (χ1) is 12.2. The summed E-state index contributed by atoms with van der Waals surface area (Å²) in [5.41, 5.74) is 7.41. The number of carbonyl (C=O) groups is 1. The Morgan fingerprint density at radius 1 is 1.24 bits per heavy atom. The van der Waals surface area contributed by atoms with Crippen LogP contribution in [0.1, 0.15) is 29.5 Å². The van der Waals surface area contributed by atoms with Gasteiger partial charge >= 0.3 is 0 Å². The topological polar surface area (TPSA) is 75.5 Å². The van der Waals surface area contributed by atoms with Gasteiger partial charge < -0.3 is 14.5 Å². The average molecular weight is 341 g/mol. The highest BCUT2D eigenvalue weighted by atomic mass is 16.5. The smallest absolute Gasteiger partial charge is 0.238 e. The van der Waals surface area contributed by atoms with Gasteiger partial charge in [-0.1, -0.05) is 18.2 Å². The van der Waals surface area contributed by atoms with Crippen LogP contribution in [0.3, 0.4) is 0 Å². The molecule has 0 aliphatic carbocycles. The first-order valence-corrected chi connectivity index (χ1v) is 8.75. The van der Waals surface area contributed by atoms with Crippen LogP contribution in [0, 0.1) is 12.8 Å². The molecule has 2 aliphatic heterocycles. The van der Waals surface area contributed by atoms with E-state index in [0.29, 0.717) is 25.5 Å². The molecule has 4 rings (SSSR count). The third kappa shape index (κ3) is 3.55. The summed E-state index contributed by atoms with van der Waals surface area (Å²) in [5, 5.41) is 3.05. The van der Waals surface area contributed by atoms with Crippen LogP contribution in [-0.2, 0) is 11.2 Å². The van der Waals surface area contributed by atoms with Crippen molar-refractivity contribution in [2.45, 2.75) is 31.8 Å². The minimum atomic E-state index is -0.257. The second-order valence-electron chi connectivity index (χ2n) is 6.81. The van der Waals surface area contributed by atoms with Gasteiger partial charge in [0, 0.05) is 12.5 Å². The normalized spacial score (nSPS) is 25.2. The summed E-state index contributed by atoms with van der Waals surface area (Å²) in [7, 11) is 0. The summed E-state index contributed by atoms with van der Waals surface area (Å²) >= 11 is 0. The van der Waals surface area contributed by atoms with Crippen LogP contribution in [0.2, 0.25) is 0 Å². The van der Waals surface area contributed by atoms with Crippen molar-refractivity contribution >= 4 is 5.91 Å². The second-order valence-corrected chi connectivity index (χ2v) is 6.81. The fraction of sp³-hybridized carbons (Fsp3) is 0.421. The van der Waals surface area contributed by atoms with E-state index in [4.69, 9.17) is 9.15 Å². The van der Waals surface area contributed by atoms with Crippen LogP contribution in [0.25, 0.3) is 0 Å². The number of hydrogen-bond acceptors (Lipinski definition) is 5. The Hall–Kier alpha value is -2.31. The minimum absolute atomic E-state index is 0.0112. The van der Waals surface area contributed by atoms with Crippen LogP contribution >= 0.6 is 0 Å². The Bertz CT molecular complexity index is 758. The molecule has 6 nitrogen and oxygen atoms in total. The quantitative estimate of drug-likeness (QED) is 0.791. The molecule has 0 spiro atoms. The molecule has 0 bridgehead atoms. The Kier molecular flexibility index (Phi) is 4.46. The van der Waals surface area contributed by atoms with Gasteiger partial charge in [-0.05, 0) is 43.5 Å². The van der Waals surface area contributed by atoms with Crippen molar-refractivity contribution in [3.63, 3.8) is 0 Å². The van der Waals surface area contributed by atoms with Crippen molar-refractivity contribution in [2.75, 3.05) is 13.2 Å². The standard InChI is InChI=1S/C19H23N3O3/c1-12-6-7-18(25-12)15-9-16(22-21-15)19(23)20-10-13-8-14-4-2-3-5-17(14)24-11-13/h2-7,13,15-16,21-22H,8-11H2,1H3,(H,20,23). The number of para-hydroxylation sites is 1. The molecule has 1 aromatic carbocycles. The van der Waals surface area contributed by atoms with Gasteiger partial charge in [-0.2, -0.15) is 0 Å². The molecule has 0 radical (unpaired) electrons. The van der Waals surface area contributed by atoms with Crippen molar-refractivity contribution in [3.8, 4) is 5.75 Å². The van der Waals surface area contributed by atoms with E-state index >= 15 is 0 Å². The molecular weight excluding hydrogens is 318 g/mol. The Morgan fingerprint density at radius 3 is 2.96 bits per heavy atom. The molecule has 25 heavy (non-hydrogen) atoms. The molecular formula is C19H23N3O3. The van der Waals surface area contributed by atoms with Crippen molar-refractivity contribution < 1.29 is 13.9 Å². The third-order valence-electron chi connectivity index (χ3n) is 4.84. The van der Waals surface area contributed by atoms with E-state index in [0.717, 1.165) is 23.7 Å². The monoisotopic (exact) mass is 341 g/mol. The van der Waals surface area contributed by atoms with Gasteiger partial charge in [0.15, 0.2) is 0 Å². The minimum Gasteiger partial charge on any atom is -0.493 e. The summed E-state index contributed by atoms with van der Waals surface area (Å²) in [5.74, 6) is 3.01. The Balaban J connectivity index is 1.27. The number of ether oxygens (including phenoxy) is 1. The Labute approximate surface area is 146 Å². The van der Waals surface area contributed by atoms with Gasteiger partial charge in [-0.3, -0.25) is 4.79 Å². The number of hydrogen-bond donors (Lipinski definition) is 3. The van der Waals surface area contributed by atoms with E-state index in [1.807, 2.05) is 37.3 Å². The molecule has 2 aliphatic rings. The zero-order chi connectivity index (χ0) is 17.2. The number of amides is 1. The molecule has 1 saturated heterocycles. The van der Waals surface area contributed by atoms with Gasteiger partial charge in [0.05, 0.1) is 12.6 Å². The molecule has 132 valence electrons. The highest BCUT2D eigenvalue weighted by molar-refractivity contribution is 5.82. The number of hydrazine groups is 1. The van der Waals surface area contributed by atoms with E-state index < -0.39 is 0 Å². The molecule has 2 aromatic rings. The maximum atomic E-state index is 12.4. The van der Waals surface area contributed by atoms with Gasteiger partial charge in [0.25, 0.3) is 0 Å². The van der Waals surface area contributed by atoms with Crippen molar-refractivity contribution in [1.29, 1.82) is 0 Å². The number of carbonyl (C=O) groups excluding carboxylic acids is 1. The van der Waals surface area contributed by atoms with E-state index in [2.05, 4.69) is 22.2 Å². The number of fused-ring (bicyclic) bond motifs is 1. The van der Waals surface area contributed by atoms with E-state index in [-0.39, 0.29) is 18.0 Å². The first kappa shape index (κ1) is 16.2. The molecule has 6 heteroatoms. The van der Waals surface area contributed by atoms with Gasteiger partial charge in [-0.15, -0.1) is 0 Å². The molecule has 3 atom stereocenters. The van der Waals surface area contributed by atoms with E-state index in [1.54, 1.807) is 0 Å². The highest BCUT2D eigenvalue weighted by Gasteiger charge is 2.32. The maximum absolute atomic E-state index is 12.4. The molecule has 3 unspecified atom stereocenters. The molecule has 1 fully saturated rings. The lowest BCUT2D eigenvalue weighted by molar-refractivity contribution is -0.123. The third-order valence-corrected chi connectivity index (χ3v) is 4.84. The van der Waals surface area contributed by atoms with Gasteiger partial charge in [0.2, 0.25) is 5.91 Å². The van der Waals surface area contributed by atoms with Crippen LogP contribution in [0.15, 0.2) is 40.8 Å². The molecule has 3 N–H and O–H groups in total. The highest BCUT2D eigenvalue weighted by Crippen LogP contribution is 2.27. The van der Waals surface area contributed by atoms with Gasteiger partial charge in [0.1, 0.15) is 23.3 Å². The molecule has 1 amide bonds. The number of aryl methyl sites for hydroxylation is 1. The zero-order valence-electron chi connectivity index (χ0n) is 14.2. The average Bonchev–Trinajstić information content (AvgIpc) is 3.28. The van der Waals surface area contributed by atoms with Crippen LogP contribution < -0.4 is 20.9 Å². The number of furan rings is 1. The first-order valence-electron chi connectivity index (χ1n) is 8.75. The van der Waals surface area contributed by atoms with Gasteiger partial charge in [-0.25, -0.2) is 10.9 Å². The maximum Gasteiger partial charge on any atom is 0.238 e. The van der Waals surface area contributed by atoms with Crippen molar-refractivity contribution in [2.24, 2.45) is 5.92 Å². The molecule has 3 heterocycles. The SMILES string of the molecule is Cc1ccc(C2CC(C(=O)NCC3COc4ccccc4C3)NN2)o1. The Morgan fingerprint density at radius 2 is 2.12 bits per heavy atom. The lowest BCUT2D eigenvalue weighted by Gasteiger charge is -2.25. The van der Waals surface area contributed by atoms with E-state index in [9.17, 15) is 4.79 Å². The van der Waals surface area contributed by atoms with Crippen molar-refractivity contribution in [3.05, 3.63) is 53.5 Å². The summed E-state index contributed by atoms with van der Waals surface area (Å²) in [6, 6.07) is 11.7. The van der Waals surface area contributed by atoms with Crippen LogP contribution in [0.4, 0.5) is 0 Å². The number of nitrogens with one attached hydrogen (secondary N) is 3. The van der Waals surface area contributed by atoms with Crippen LogP contribution in [-0.4, -0.2) is 25.1 Å². The summed E-state index contributed by atoms with van der Waals surface area (Å²) in [6.07, 6.45) is 1.60. The fourth-order valence-corrected chi connectivity index (χ4v) is 3.45. The number of benzene rings is 1. The zero-order valence-corrected chi connectivity index (χ0v) is 14.2. The summed E-state index contributed by atoms with van der Waals surface area (Å²) in [4.78, 5) is 12.4. The summed E-state index contributed by atoms with van der Waals surface area (Å²) in [6.45, 7) is 3.18. The number of rotatable bonds is 4. The lowest BCUT2D eigenvalue weighted by atomic mass is 9.96. The van der Waals surface area contributed by atoms with Crippen LogP contribution in [0.5, 0.6) is 5.75 Å².